The van der Waals surface area contributed by atoms with Crippen molar-refractivity contribution in [3.05, 3.63) is 101 Å². The average molecular weight is 499 g/mol. The molecule has 1 N–H and O–H groups in total. The molecule has 1 aliphatic rings. The Bertz CT molecular complexity index is 1380. The van der Waals surface area contributed by atoms with Gasteiger partial charge in [0.05, 0.1) is 14.2 Å². The Morgan fingerprint density at radius 3 is 2.00 bits per heavy atom. The van der Waals surface area contributed by atoms with Gasteiger partial charge >= 0.3 is 0 Å². The topological polar surface area (TPSA) is 66.4 Å². The monoisotopic (exact) mass is 498 g/mol. The number of hydrogen-bond donors (Lipinski definition) is 1. The highest BCUT2D eigenvalue weighted by Crippen LogP contribution is 2.34. The lowest BCUT2D eigenvalue weighted by molar-refractivity contribution is 0.174. The van der Waals surface area contributed by atoms with Gasteiger partial charge in [0.15, 0.2) is 11.5 Å². The fourth-order valence-electron chi connectivity index (χ4n) is 4.44. The molecule has 5 rings (SSSR count). The van der Waals surface area contributed by atoms with Crippen LogP contribution in [0.4, 0.5) is 0 Å². The summed E-state index contributed by atoms with van der Waals surface area (Å²) in [6, 6.07) is 25.3. The molecule has 0 unspecified atom stereocenters. The van der Waals surface area contributed by atoms with Crippen LogP contribution in [0.25, 0.3) is 0 Å². The number of benzene rings is 4. The molecule has 0 atom stereocenters. The second-order valence-corrected chi connectivity index (χ2v) is 8.99. The SMILES string of the molecule is COc1cccc(CCc2cc(OC)cc(Oc3cc(O)cc(CCc4ccc5c(c4)OCO5)c3)c2)c1. The van der Waals surface area contributed by atoms with Crippen LogP contribution in [-0.4, -0.2) is 26.1 Å². The first kappa shape index (κ1) is 24.4. The smallest absolute Gasteiger partial charge is 0.231 e. The van der Waals surface area contributed by atoms with Crippen molar-refractivity contribution >= 4 is 0 Å². The first-order valence-electron chi connectivity index (χ1n) is 12.3. The van der Waals surface area contributed by atoms with Crippen LogP contribution in [0.2, 0.25) is 0 Å². The molecular formula is C31H30O6. The zero-order valence-electron chi connectivity index (χ0n) is 21.0. The highest BCUT2D eigenvalue weighted by atomic mass is 16.7. The molecule has 0 aliphatic carbocycles. The Balaban J connectivity index is 1.28. The summed E-state index contributed by atoms with van der Waals surface area (Å²) in [7, 11) is 3.32. The summed E-state index contributed by atoms with van der Waals surface area (Å²) >= 11 is 0. The van der Waals surface area contributed by atoms with Crippen molar-refractivity contribution < 1.29 is 28.8 Å². The van der Waals surface area contributed by atoms with Gasteiger partial charge in [-0.15, -0.1) is 0 Å². The first-order chi connectivity index (χ1) is 18.1. The van der Waals surface area contributed by atoms with Gasteiger partial charge in [-0.2, -0.15) is 0 Å². The summed E-state index contributed by atoms with van der Waals surface area (Å²) in [5.74, 6) is 4.53. The third-order valence-electron chi connectivity index (χ3n) is 6.34. The molecule has 37 heavy (non-hydrogen) atoms. The molecular weight excluding hydrogens is 468 g/mol. The predicted molar refractivity (Wildman–Crippen MR) is 142 cm³/mol. The zero-order chi connectivity index (χ0) is 25.6. The number of phenols is 1. The first-order valence-corrected chi connectivity index (χ1v) is 12.3. The normalized spacial score (nSPS) is 11.8. The van der Waals surface area contributed by atoms with E-state index in [0.29, 0.717) is 11.5 Å². The maximum absolute atomic E-state index is 10.4. The Morgan fingerprint density at radius 1 is 0.595 bits per heavy atom. The summed E-state index contributed by atoms with van der Waals surface area (Å²) in [4.78, 5) is 0. The molecule has 1 heterocycles. The molecule has 0 aromatic heterocycles. The molecule has 6 nitrogen and oxygen atoms in total. The van der Waals surface area contributed by atoms with Crippen LogP contribution in [0.1, 0.15) is 22.3 Å². The Morgan fingerprint density at radius 2 is 1.22 bits per heavy atom. The fourth-order valence-corrected chi connectivity index (χ4v) is 4.44. The van der Waals surface area contributed by atoms with Crippen molar-refractivity contribution in [2.24, 2.45) is 0 Å². The van der Waals surface area contributed by atoms with Gasteiger partial charge in [0.2, 0.25) is 6.79 Å². The van der Waals surface area contributed by atoms with Crippen LogP contribution in [0.3, 0.4) is 0 Å². The van der Waals surface area contributed by atoms with Crippen molar-refractivity contribution in [1.82, 2.24) is 0 Å². The number of aromatic hydroxyl groups is 1. The van der Waals surface area contributed by atoms with E-state index in [1.807, 2.05) is 54.6 Å². The van der Waals surface area contributed by atoms with Crippen LogP contribution in [0.5, 0.6) is 40.2 Å². The summed E-state index contributed by atoms with van der Waals surface area (Å²) in [6.07, 6.45) is 3.23. The molecule has 0 amide bonds. The molecule has 0 saturated carbocycles. The third-order valence-corrected chi connectivity index (χ3v) is 6.34. The molecule has 0 saturated heterocycles. The number of hydrogen-bond acceptors (Lipinski definition) is 6. The van der Waals surface area contributed by atoms with E-state index >= 15 is 0 Å². The van der Waals surface area contributed by atoms with Crippen molar-refractivity contribution in [3.8, 4) is 40.2 Å². The fraction of sp³-hybridized carbons (Fsp3) is 0.226. The second kappa shape index (κ2) is 11.2. The van der Waals surface area contributed by atoms with Gasteiger partial charge in [0, 0.05) is 12.1 Å². The standard InChI is InChI=1S/C31H30O6/c1-33-26-5-3-4-21(13-26)6-9-24-14-27(34-2)19-29(16-24)37-28-15-23(12-25(32)18-28)8-7-22-10-11-30-31(17-22)36-20-35-30/h3-5,10-19,32H,6-9,20H2,1-2H3. The lowest BCUT2D eigenvalue weighted by Gasteiger charge is -2.13. The van der Waals surface area contributed by atoms with Crippen molar-refractivity contribution in [2.75, 3.05) is 21.0 Å². The quantitative estimate of drug-likeness (QED) is 0.269. The minimum absolute atomic E-state index is 0.166. The summed E-state index contributed by atoms with van der Waals surface area (Å²) in [5.41, 5.74) is 4.42. The minimum atomic E-state index is 0.166. The lowest BCUT2D eigenvalue weighted by atomic mass is 10.0. The Kier molecular flexibility index (Phi) is 7.36. The molecule has 6 heteroatoms. The molecule has 1 aliphatic heterocycles. The summed E-state index contributed by atoms with van der Waals surface area (Å²) < 4.78 is 27.9. The molecule has 0 fully saturated rings. The molecule has 190 valence electrons. The van der Waals surface area contributed by atoms with Crippen molar-refractivity contribution in [3.63, 3.8) is 0 Å². The van der Waals surface area contributed by atoms with Gasteiger partial charge in [-0.1, -0.05) is 18.2 Å². The molecule has 0 bridgehead atoms. The highest BCUT2D eigenvalue weighted by molar-refractivity contribution is 5.46. The van der Waals surface area contributed by atoms with Gasteiger partial charge in [0.25, 0.3) is 0 Å². The lowest BCUT2D eigenvalue weighted by Crippen LogP contribution is -1.96. The number of aryl methyl sites for hydroxylation is 4. The zero-order valence-corrected chi connectivity index (χ0v) is 21.0. The molecule has 4 aromatic carbocycles. The minimum Gasteiger partial charge on any atom is -0.508 e. The van der Waals surface area contributed by atoms with E-state index in [0.717, 1.165) is 65.4 Å². The van der Waals surface area contributed by atoms with E-state index in [2.05, 4.69) is 12.1 Å². The predicted octanol–water partition coefficient (Wildman–Crippen LogP) is 6.50. The van der Waals surface area contributed by atoms with Gasteiger partial charge in [-0.25, -0.2) is 0 Å². The largest absolute Gasteiger partial charge is 0.508 e. The van der Waals surface area contributed by atoms with Gasteiger partial charge < -0.3 is 28.8 Å². The summed E-state index contributed by atoms with van der Waals surface area (Å²) in [5, 5.41) is 10.4. The van der Waals surface area contributed by atoms with Crippen LogP contribution < -0.4 is 23.7 Å². The van der Waals surface area contributed by atoms with E-state index in [1.54, 1.807) is 26.4 Å². The molecule has 4 aromatic rings. The van der Waals surface area contributed by atoms with Gasteiger partial charge in [-0.05, 0) is 96.5 Å². The van der Waals surface area contributed by atoms with Crippen LogP contribution in [-0.2, 0) is 25.7 Å². The van der Waals surface area contributed by atoms with Gasteiger partial charge in [0.1, 0.15) is 28.7 Å². The van der Waals surface area contributed by atoms with E-state index < -0.39 is 0 Å². The van der Waals surface area contributed by atoms with E-state index in [9.17, 15) is 5.11 Å². The van der Waals surface area contributed by atoms with Crippen LogP contribution >= 0.6 is 0 Å². The van der Waals surface area contributed by atoms with E-state index in [1.165, 1.54) is 5.56 Å². The molecule has 0 spiro atoms. The maximum Gasteiger partial charge on any atom is 0.231 e. The van der Waals surface area contributed by atoms with Crippen LogP contribution in [0.15, 0.2) is 78.9 Å². The average Bonchev–Trinajstić information content (AvgIpc) is 3.38. The molecule has 0 radical (unpaired) electrons. The van der Waals surface area contributed by atoms with E-state index in [-0.39, 0.29) is 12.5 Å². The number of rotatable bonds is 10. The third kappa shape index (κ3) is 6.28. The Labute approximate surface area is 217 Å². The second-order valence-electron chi connectivity index (χ2n) is 8.99. The Hall–Kier alpha value is -4.32. The maximum atomic E-state index is 10.4. The number of ether oxygens (including phenoxy) is 5. The summed E-state index contributed by atoms with van der Waals surface area (Å²) in [6.45, 7) is 0.263. The number of methoxy groups -OCH3 is 2. The number of fused-ring (bicyclic) bond motifs is 1. The van der Waals surface area contributed by atoms with Gasteiger partial charge in [-0.3, -0.25) is 0 Å². The van der Waals surface area contributed by atoms with E-state index in [4.69, 9.17) is 23.7 Å². The van der Waals surface area contributed by atoms with Crippen molar-refractivity contribution in [1.29, 1.82) is 0 Å². The highest BCUT2D eigenvalue weighted by Gasteiger charge is 2.13. The number of phenolic OH excluding ortho intramolecular Hbond substituents is 1. The van der Waals surface area contributed by atoms with Crippen molar-refractivity contribution in [2.45, 2.75) is 25.7 Å². The van der Waals surface area contributed by atoms with Crippen LogP contribution in [0, 0.1) is 0 Å².